The minimum absolute atomic E-state index is 0.136. The molecule has 0 radical (unpaired) electrons. The van der Waals surface area contributed by atoms with Gasteiger partial charge in [-0.2, -0.15) is 0 Å². The maximum absolute atomic E-state index is 12.9. The van der Waals surface area contributed by atoms with E-state index in [1.54, 1.807) is 0 Å². The lowest BCUT2D eigenvalue weighted by Gasteiger charge is -2.21. The largest absolute Gasteiger partial charge is 0.472 e. The smallest absolute Gasteiger partial charge is 0.462 e. The molecule has 0 aromatic heterocycles. The van der Waals surface area contributed by atoms with Crippen molar-refractivity contribution in [2.75, 3.05) is 26.4 Å². The number of carbonyl (C=O) groups excluding carboxylic acids is 3. The number of aliphatic hydroxyl groups excluding tert-OH is 1. The Labute approximate surface area is 463 Å². The molecule has 12 heteroatoms. The summed E-state index contributed by atoms with van der Waals surface area (Å²) in [5.74, 6) is -1.53. The maximum Gasteiger partial charge on any atom is 0.472 e. The molecule has 0 aromatic carbocycles. The van der Waals surface area contributed by atoms with Crippen molar-refractivity contribution in [2.24, 2.45) is 0 Å². The van der Waals surface area contributed by atoms with E-state index in [9.17, 15) is 28.9 Å². The van der Waals surface area contributed by atoms with Gasteiger partial charge in [-0.05, 0) is 122 Å². The summed E-state index contributed by atoms with van der Waals surface area (Å²) < 4.78 is 39.5. The Hall–Kier alpha value is -3.86. The molecule has 0 bridgehead atoms. The van der Waals surface area contributed by atoms with Gasteiger partial charge in [0, 0.05) is 19.3 Å². The highest BCUT2D eigenvalue weighted by molar-refractivity contribution is 7.47. The zero-order valence-electron chi connectivity index (χ0n) is 47.9. The summed E-state index contributed by atoms with van der Waals surface area (Å²) in [5, 5.41) is 9.81. The van der Waals surface area contributed by atoms with Gasteiger partial charge in [0.2, 0.25) is 0 Å². The van der Waals surface area contributed by atoms with Gasteiger partial charge in [0.05, 0.1) is 19.8 Å². The second-order valence-corrected chi connectivity index (χ2v) is 20.8. The molecule has 0 aliphatic heterocycles. The topological polar surface area (TPSA) is 155 Å². The van der Waals surface area contributed by atoms with Crippen molar-refractivity contribution in [1.82, 2.24) is 0 Å². The van der Waals surface area contributed by atoms with Gasteiger partial charge in [0.1, 0.15) is 12.7 Å². The SMILES string of the molecule is CC/C=C\C/C=C\C/C=C\CCCCCCCCCC(=O)OC(COC(=O)CCCCCCCC/C=C\C/C=C\C/C=C\CCCCC)COP(=O)(O)OCC(CO)OC(=O)CCCCC/C=C\C/C=C\C/C=C\CC. The van der Waals surface area contributed by atoms with E-state index < -0.39 is 57.8 Å². The van der Waals surface area contributed by atoms with E-state index in [1.807, 2.05) is 0 Å². The normalized spacial score (nSPS) is 14.1. The fourth-order valence-electron chi connectivity index (χ4n) is 7.69. The van der Waals surface area contributed by atoms with Crippen molar-refractivity contribution in [1.29, 1.82) is 0 Å². The number of ether oxygens (including phenoxy) is 3. The molecule has 434 valence electrons. The second kappa shape index (κ2) is 57.3. The molecule has 0 amide bonds. The van der Waals surface area contributed by atoms with Crippen LogP contribution < -0.4 is 0 Å². The van der Waals surface area contributed by atoms with Crippen LogP contribution in [0.5, 0.6) is 0 Å². The van der Waals surface area contributed by atoms with Crippen LogP contribution in [0.15, 0.2) is 109 Å². The van der Waals surface area contributed by atoms with Crippen LogP contribution in [-0.4, -0.2) is 66.5 Å². The van der Waals surface area contributed by atoms with Gasteiger partial charge in [0.15, 0.2) is 6.10 Å². The molecule has 0 spiro atoms. The number of aliphatic hydroxyl groups is 1. The van der Waals surface area contributed by atoms with Gasteiger partial charge in [-0.1, -0.05) is 207 Å². The number of allylic oxidation sites excluding steroid dienone is 18. The standard InChI is InChI=1S/C64H107O11P/c1-4-7-10-13-16-19-22-25-27-29-30-32-33-36-38-41-44-47-50-53-62(66)71-57-61(75-64(68)55-52-49-46-43-40-37-34-31-28-26-23-20-17-14-11-8-5-2)59-73-76(69,70)72-58-60(56-65)74-63(67)54-51-48-45-42-39-35-24-21-18-15-12-9-6-3/h8-9,11-12,16-21,25-28,30,32,35,39,60-61,65H,4-7,10,13-15,22-24,29,31,33-34,36-38,40-59H2,1-3H3,(H,69,70)/b11-8-,12-9-,19-16-,20-17-,21-18-,27-25-,28-26-,32-30-,39-35-. The first-order chi connectivity index (χ1) is 37.2. The van der Waals surface area contributed by atoms with Gasteiger partial charge < -0.3 is 24.2 Å². The molecule has 0 heterocycles. The van der Waals surface area contributed by atoms with E-state index >= 15 is 0 Å². The predicted molar refractivity (Wildman–Crippen MR) is 316 cm³/mol. The van der Waals surface area contributed by atoms with Gasteiger partial charge in [-0.3, -0.25) is 23.4 Å². The van der Waals surface area contributed by atoms with Gasteiger partial charge in [-0.15, -0.1) is 0 Å². The summed E-state index contributed by atoms with van der Waals surface area (Å²) in [5.41, 5.74) is 0. The molecule has 3 unspecified atom stereocenters. The minimum atomic E-state index is -4.77. The third-order valence-corrected chi connectivity index (χ3v) is 13.1. The summed E-state index contributed by atoms with van der Waals surface area (Å²) in [6, 6.07) is 0. The fraction of sp³-hybridized carbons (Fsp3) is 0.672. The monoisotopic (exact) mass is 1080 g/mol. The Morgan fingerprint density at radius 2 is 0.684 bits per heavy atom. The number of phosphoric ester groups is 1. The molecule has 2 N–H and O–H groups in total. The van der Waals surface area contributed by atoms with Crippen molar-refractivity contribution in [3.63, 3.8) is 0 Å². The average Bonchev–Trinajstić information content (AvgIpc) is 3.41. The quantitative estimate of drug-likeness (QED) is 0.0197. The van der Waals surface area contributed by atoms with E-state index in [0.717, 1.165) is 148 Å². The maximum atomic E-state index is 12.9. The minimum Gasteiger partial charge on any atom is -0.462 e. The molecule has 76 heavy (non-hydrogen) atoms. The first-order valence-corrected chi connectivity index (χ1v) is 31.3. The summed E-state index contributed by atoms with van der Waals surface area (Å²) in [4.78, 5) is 48.6. The van der Waals surface area contributed by atoms with Crippen LogP contribution in [-0.2, 0) is 42.2 Å². The summed E-state index contributed by atoms with van der Waals surface area (Å²) in [7, 11) is -4.77. The highest BCUT2D eigenvalue weighted by Crippen LogP contribution is 2.43. The first kappa shape index (κ1) is 72.1. The number of unbranched alkanes of at least 4 members (excludes halogenated alkanes) is 19. The fourth-order valence-corrected chi connectivity index (χ4v) is 8.47. The first-order valence-electron chi connectivity index (χ1n) is 29.8. The third kappa shape index (κ3) is 54.9. The number of esters is 3. The Bertz CT molecular complexity index is 1690. The molecule has 0 saturated heterocycles. The Morgan fingerprint density at radius 1 is 0.382 bits per heavy atom. The second-order valence-electron chi connectivity index (χ2n) is 19.4. The third-order valence-electron chi connectivity index (χ3n) is 12.2. The molecular weight excluding hydrogens is 976 g/mol. The van der Waals surface area contributed by atoms with Crippen LogP contribution in [0.2, 0.25) is 0 Å². The number of hydrogen-bond donors (Lipinski definition) is 2. The Kier molecular flexibility index (Phi) is 54.4. The zero-order valence-corrected chi connectivity index (χ0v) is 48.8. The zero-order chi connectivity index (χ0) is 55.5. The van der Waals surface area contributed by atoms with E-state index in [4.69, 9.17) is 23.3 Å². The Balaban J connectivity index is 4.79. The predicted octanol–water partition coefficient (Wildman–Crippen LogP) is 17.8. The van der Waals surface area contributed by atoms with Gasteiger partial charge in [-0.25, -0.2) is 4.57 Å². The van der Waals surface area contributed by atoms with Gasteiger partial charge in [0.25, 0.3) is 0 Å². The van der Waals surface area contributed by atoms with Crippen molar-refractivity contribution in [2.45, 2.75) is 251 Å². The van der Waals surface area contributed by atoms with Crippen molar-refractivity contribution in [3.8, 4) is 0 Å². The molecule has 0 aliphatic carbocycles. The molecule has 0 saturated carbocycles. The van der Waals surface area contributed by atoms with Gasteiger partial charge >= 0.3 is 25.7 Å². The average molecular weight is 1080 g/mol. The summed E-state index contributed by atoms with van der Waals surface area (Å²) in [6.07, 6.45) is 69.0. The van der Waals surface area contributed by atoms with E-state index in [2.05, 4.69) is 130 Å². The Morgan fingerprint density at radius 3 is 1.07 bits per heavy atom. The lowest BCUT2D eigenvalue weighted by Crippen LogP contribution is -2.30. The molecule has 0 aromatic rings. The number of rotatable bonds is 54. The van der Waals surface area contributed by atoms with E-state index in [0.29, 0.717) is 19.3 Å². The van der Waals surface area contributed by atoms with Crippen LogP contribution >= 0.6 is 7.82 Å². The molecule has 11 nitrogen and oxygen atoms in total. The van der Waals surface area contributed by atoms with Crippen molar-refractivity contribution >= 4 is 25.7 Å². The highest BCUT2D eigenvalue weighted by atomic mass is 31.2. The molecule has 0 aliphatic rings. The summed E-state index contributed by atoms with van der Waals surface area (Å²) in [6.45, 7) is 4.33. The summed E-state index contributed by atoms with van der Waals surface area (Å²) >= 11 is 0. The lowest BCUT2D eigenvalue weighted by molar-refractivity contribution is -0.161. The molecular formula is C64H107O11P. The number of hydrogen-bond acceptors (Lipinski definition) is 10. The number of carbonyl (C=O) groups is 3. The van der Waals surface area contributed by atoms with E-state index in [1.165, 1.54) is 32.1 Å². The van der Waals surface area contributed by atoms with Crippen LogP contribution in [0.4, 0.5) is 0 Å². The van der Waals surface area contributed by atoms with Crippen LogP contribution in [0.1, 0.15) is 239 Å². The van der Waals surface area contributed by atoms with Crippen LogP contribution in [0.3, 0.4) is 0 Å². The van der Waals surface area contributed by atoms with Crippen molar-refractivity contribution in [3.05, 3.63) is 109 Å². The highest BCUT2D eigenvalue weighted by Gasteiger charge is 2.28. The lowest BCUT2D eigenvalue weighted by atomic mass is 10.1. The van der Waals surface area contributed by atoms with Crippen molar-refractivity contribution < 1.29 is 52.2 Å². The van der Waals surface area contributed by atoms with Crippen LogP contribution in [0.25, 0.3) is 0 Å². The molecule has 0 fully saturated rings. The van der Waals surface area contributed by atoms with Crippen LogP contribution in [0, 0.1) is 0 Å². The van der Waals surface area contributed by atoms with E-state index in [-0.39, 0.29) is 25.9 Å². The number of phosphoric acid groups is 1. The molecule has 3 atom stereocenters. The molecule has 0 rings (SSSR count).